The number of nitrogens with zero attached hydrogens (tertiary/aromatic N) is 4. The van der Waals surface area contributed by atoms with E-state index in [1.165, 1.54) is 11.8 Å². The second-order valence-corrected chi connectivity index (χ2v) is 7.96. The highest BCUT2D eigenvalue weighted by atomic mass is 32.2. The Bertz CT molecular complexity index is 1050. The maximum absolute atomic E-state index is 12.8. The molecule has 0 atom stereocenters. The standard InChI is InChI=1S/C20H25N5O2S/c1-4-12-24-18(27)15-9-5-6-10-16(15)25-19(24)22-23-20(25)28-13-17(26)21-11-7-8-14(2)3/h4-6,9-10,14H,1,7-8,11-13H2,2-3H3,(H,21,26). The Balaban J connectivity index is 1.84. The van der Waals surface area contributed by atoms with Gasteiger partial charge in [-0.2, -0.15) is 0 Å². The van der Waals surface area contributed by atoms with Crippen molar-refractivity contribution in [2.45, 2.75) is 38.4 Å². The highest BCUT2D eigenvalue weighted by molar-refractivity contribution is 7.99. The summed E-state index contributed by atoms with van der Waals surface area (Å²) in [6.07, 6.45) is 3.72. The van der Waals surface area contributed by atoms with Gasteiger partial charge in [0.15, 0.2) is 5.16 Å². The zero-order chi connectivity index (χ0) is 20.1. The molecular formula is C20H25N5O2S. The fraction of sp³-hybridized carbons (Fsp3) is 0.400. The van der Waals surface area contributed by atoms with E-state index in [-0.39, 0.29) is 17.2 Å². The van der Waals surface area contributed by atoms with Crippen LogP contribution in [0, 0.1) is 5.92 Å². The van der Waals surface area contributed by atoms with Gasteiger partial charge in [0.25, 0.3) is 5.56 Å². The lowest BCUT2D eigenvalue weighted by molar-refractivity contribution is -0.118. The Morgan fingerprint density at radius 1 is 1.32 bits per heavy atom. The molecule has 0 fully saturated rings. The van der Waals surface area contributed by atoms with E-state index < -0.39 is 0 Å². The lowest BCUT2D eigenvalue weighted by Crippen LogP contribution is -2.26. The number of carbonyl (C=O) groups excluding carboxylic acids is 1. The second kappa shape index (κ2) is 9.05. The van der Waals surface area contributed by atoms with Crippen LogP contribution in [-0.4, -0.2) is 37.4 Å². The van der Waals surface area contributed by atoms with E-state index in [0.717, 1.165) is 18.4 Å². The number of rotatable bonds is 9. The number of aromatic nitrogens is 4. The van der Waals surface area contributed by atoms with E-state index in [9.17, 15) is 9.59 Å². The van der Waals surface area contributed by atoms with Crippen molar-refractivity contribution in [3.8, 4) is 0 Å². The average molecular weight is 400 g/mol. The number of para-hydroxylation sites is 1. The molecule has 3 aromatic rings. The summed E-state index contributed by atoms with van der Waals surface area (Å²) in [7, 11) is 0. The summed E-state index contributed by atoms with van der Waals surface area (Å²) in [6.45, 7) is 9.08. The molecule has 0 aliphatic carbocycles. The van der Waals surface area contributed by atoms with Crippen molar-refractivity contribution < 1.29 is 4.79 Å². The van der Waals surface area contributed by atoms with Crippen molar-refractivity contribution in [2.24, 2.45) is 5.92 Å². The molecule has 2 aromatic heterocycles. The van der Waals surface area contributed by atoms with Gasteiger partial charge in [-0.1, -0.05) is 43.8 Å². The van der Waals surface area contributed by atoms with Crippen LogP contribution in [0.3, 0.4) is 0 Å². The lowest BCUT2D eigenvalue weighted by Gasteiger charge is -2.10. The maximum atomic E-state index is 12.8. The van der Waals surface area contributed by atoms with Gasteiger partial charge in [-0.15, -0.1) is 16.8 Å². The molecule has 7 nitrogen and oxygen atoms in total. The Labute approximate surface area is 167 Å². The monoisotopic (exact) mass is 399 g/mol. The van der Waals surface area contributed by atoms with Crippen LogP contribution in [0.5, 0.6) is 0 Å². The third-order valence-corrected chi connectivity index (χ3v) is 5.33. The van der Waals surface area contributed by atoms with Crippen molar-refractivity contribution in [1.29, 1.82) is 0 Å². The van der Waals surface area contributed by atoms with E-state index in [4.69, 9.17) is 0 Å². The van der Waals surface area contributed by atoms with Gasteiger partial charge >= 0.3 is 0 Å². The quantitative estimate of drug-likeness (QED) is 0.340. The Morgan fingerprint density at radius 2 is 2.11 bits per heavy atom. The van der Waals surface area contributed by atoms with Crippen LogP contribution in [0.1, 0.15) is 26.7 Å². The molecule has 8 heteroatoms. The fourth-order valence-electron chi connectivity index (χ4n) is 3.04. The highest BCUT2D eigenvalue weighted by Crippen LogP contribution is 2.21. The molecule has 0 bridgehead atoms. The number of hydrogen-bond acceptors (Lipinski definition) is 5. The Kier molecular flexibility index (Phi) is 6.51. The van der Waals surface area contributed by atoms with E-state index in [0.29, 0.717) is 35.3 Å². The van der Waals surface area contributed by atoms with E-state index in [2.05, 4.69) is 35.9 Å². The van der Waals surface area contributed by atoms with Crippen LogP contribution < -0.4 is 10.9 Å². The molecule has 0 aliphatic rings. The summed E-state index contributed by atoms with van der Waals surface area (Å²) >= 11 is 1.31. The first kappa shape index (κ1) is 20.1. The van der Waals surface area contributed by atoms with E-state index >= 15 is 0 Å². The summed E-state index contributed by atoms with van der Waals surface area (Å²) in [5, 5.41) is 12.5. The topological polar surface area (TPSA) is 81.3 Å². The molecule has 2 heterocycles. The molecule has 0 unspecified atom stereocenters. The third kappa shape index (κ3) is 4.27. The first-order valence-electron chi connectivity index (χ1n) is 9.40. The molecule has 3 rings (SSSR count). The van der Waals surface area contributed by atoms with Gasteiger partial charge in [-0.05, 0) is 30.9 Å². The zero-order valence-corrected chi connectivity index (χ0v) is 17.0. The predicted molar refractivity (Wildman–Crippen MR) is 113 cm³/mol. The summed E-state index contributed by atoms with van der Waals surface area (Å²) in [5.41, 5.74) is 0.600. The smallest absolute Gasteiger partial charge is 0.263 e. The summed E-state index contributed by atoms with van der Waals surface area (Å²) in [6, 6.07) is 7.35. The van der Waals surface area contributed by atoms with Crippen LogP contribution in [0.25, 0.3) is 16.7 Å². The van der Waals surface area contributed by atoms with Gasteiger partial charge in [0.05, 0.1) is 16.7 Å². The minimum Gasteiger partial charge on any atom is -0.355 e. The minimum atomic E-state index is -0.130. The number of fused-ring (bicyclic) bond motifs is 3. The van der Waals surface area contributed by atoms with Crippen molar-refractivity contribution in [3.63, 3.8) is 0 Å². The normalized spacial score (nSPS) is 11.4. The number of thioether (sulfide) groups is 1. The van der Waals surface area contributed by atoms with Crippen molar-refractivity contribution >= 4 is 34.3 Å². The van der Waals surface area contributed by atoms with Gasteiger partial charge < -0.3 is 5.32 Å². The number of amides is 1. The summed E-state index contributed by atoms with van der Waals surface area (Å²) < 4.78 is 3.37. The zero-order valence-electron chi connectivity index (χ0n) is 16.2. The van der Waals surface area contributed by atoms with Crippen LogP contribution in [0.15, 0.2) is 46.9 Å². The second-order valence-electron chi connectivity index (χ2n) is 7.01. The van der Waals surface area contributed by atoms with Gasteiger partial charge in [-0.3, -0.25) is 18.6 Å². The van der Waals surface area contributed by atoms with Gasteiger partial charge in [-0.25, -0.2) is 0 Å². The maximum Gasteiger partial charge on any atom is 0.263 e. The van der Waals surface area contributed by atoms with E-state index in [1.807, 2.05) is 22.6 Å². The number of hydrogen-bond donors (Lipinski definition) is 1. The molecule has 0 aliphatic heterocycles. The van der Waals surface area contributed by atoms with Crippen LogP contribution >= 0.6 is 11.8 Å². The number of allylic oxidation sites excluding steroid dienone is 1. The van der Waals surface area contributed by atoms with Crippen LogP contribution in [0.2, 0.25) is 0 Å². The molecule has 1 N–H and O–H groups in total. The summed E-state index contributed by atoms with van der Waals surface area (Å²) in [4.78, 5) is 24.9. The number of nitrogens with one attached hydrogen (secondary N) is 1. The minimum absolute atomic E-state index is 0.0331. The number of benzene rings is 1. The van der Waals surface area contributed by atoms with E-state index in [1.54, 1.807) is 16.7 Å². The van der Waals surface area contributed by atoms with Crippen molar-refractivity contribution in [1.82, 2.24) is 24.5 Å². The molecule has 0 radical (unpaired) electrons. The van der Waals surface area contributed by atoms with Crippen molar-refractivity contribution in [2.75, 3.05) is 12.3 Å². The molecule has 0 saturated carbocycles. The number of carbonyl (C=O) groups is 1. The van der Waals surface area contributed by atoms with Gasteiger partial charge in [0, 0.05) is 13.1 Å². The molecular weight excluding hydrogens is 374 g/mol. The molecule has 1 amide bonds. The Morgan fingerprint density at radius 3 is 2.86 bits per heavy atom. The first-order valence-corrected chi connectivity index (χ1v) is 10.4. The molecule has 28 heavy (non-hydrogen) atoms. The average Bonchev–Trinajstić information content (AvgIpc) is 3.10. The van der Waals surface area contributed by atoms with Crippen LogP contribution in [0.4, 0.5) is 0 Å². The molecule has 0 spiro atoms. The van der Waals surface area contributed by atoms with Gasteiger partial charge in [0.2, 0.25) is 11.7 Å². The molecule has 0 saturated heterocycles. The SMILES string of the molecule is C=CCn1c(=O)c2ccccc2n2c(SCC(=O)NCCCC(C)C)nnc12. The largest absolute Gasteiger partial charge is 0.355 e. The third-order valence-electron chi connectivity index (χ3n) is 4.40. The first-order chi connectivity index (χ1) is 13.5. The highest BCUT2D eigenvalue weighted by Gasteiger charge is 2.16. The van der Waals surface area contributed by atoms with Crippen molar-refractivity contribution in [3.05, 3.63) is 47.3 Å². The fourth-order valence-corrected chi connectivity index (χ4v) is 3.81. The Hall–Kier alpha value is -2.61. The lowest BCUT2D eigenvalue weighted by atomic mass is 10.1. The van der Waals surface area contributed by atoms with Gasteiger partial charge in [0.1, 0.15) is 0 Å². The van der Waals surface area contributed by atoms with Crippen LogP contribution in [-0.2, 0) is 11.3 Å². The summed E-state index contributed by atoms with van der Waals surface area (Å²) in [5.74, 6) is 1.30. The predicted octanol–water partition coefficient (Wildman–Crippen LogP) is 2.87. The molecule has 1 aromatic carbocycles. The molecule has 148 valence electrons.